The number of hydrogen-bond donors (Lipinski definition) is 1. The van der Waals surface area contributed by atoms with Crippen LogP contribution in [0.4, 0.5) is 10.7 Å². The summed E-state index contributed by atoms with van der Waals surface area (Å²) in [7, 11) is 0. The van der Waals surface area contributed by atoms with Gasteiger partial charge in [0.05, 0.1) is 24.5 Å². The molecule has 3 heterocycles. The number of anilines is 1. The van der Waals surface area contributed by atoms with Gasteiger partial charge in [-0.1, -0.05) is 5.16 Å². The molecule has 4 rings (SSSR count). The third kappa shape index (κ3) is 2.35. The Kier molecular flexibility index (Phi) is 2.66. The number of urea groups is 1. The number of nitrogens with zero attached hydrogens (tertiary/aromatic N) is 4. The van der Waals surface area contributed by atoms with Gasteiger partial charge in [-0.3, -0.25) is 5.32 Å². The number of aryl methyl sites for hydroxylation is 1. The number of fused-ring (bicyclic) bond motifs is 1. The Bertz CT molecular complexity index is 707. The van der Waals surface area contributed by atoms with Crippen molar-refractivity contribution in [2.45, 2.75) is 38.8 Å². The highest BCUT2D eigenvalue weighted by molar-refractivity contribution is 5.88. The number of rotatable bonds is 2. The lowest BCUT2D eigenvalue weighted by molar-refractivity contribution is 0.211. The Morgan fingerprint density at radius 3 is 3.00 bits per heavy atom. The van der Waals surface area contributed by atoms with Crippen molar-refractivity contribution in [2.75, 3.05) is 5.32 Å². The number of carbonyl (C=O) groups excluding carboxylic acids is 1. The number of nitrogens with one attached hydrogen (secondary N) is 1. The third-order valence-corrected chi connectivity index (χ3v) is 3.76. The van der Waals surface area contributed by atoms with Gasteiger partial charge in [0.25, 0.3) is 0 Å². The van der Waals surface area contributed by atoms with Crippen molar-refractivity contribution in [3.8, 4) is 0 Å². The second-order valence-corrected chi connectivity index (χ2v) is 5.59. The van der Waals surface area contributed by atoms with Gasteiger partial charge in [0, 0.05) is 23.7 Å². The van der Waals surface area contributed by atoms with Gasteiger partial charge < -0.3 is 9.42 Å². The molecule has 7 nitrogen and oxygen atoms in total. The topological polar surface area (TPSA) is 84.2 Å². The Hall–Kier alpha value is -2.44. The zero-order chi connectivity index (χ0) is 14.4. The second kappa shape index (κ2) is 4.54. The number of aromatic nitrogens is 3. The fraction of sp³-hybridized carbons (Fsp3) is 0.429. The van der Waals surface area contributed by atoms with Gasteiger partial charge in [0.15, 0.2) is 0 Å². The predicted octanol–water partition coefficient (Wildman–Crippen LogP) is 2.20. The molecule has 7 heteroatoms. The van der Waals surface area contributed by atoms with E-state index in [1.165, 1.54) is 12.8 Å². The van der Waals surface area contributed by atoms with Gasteiger partial charge in [-0.2, -0.15) is 0 Å². The van der Waals surface area contributed by atoms with Crippen molar-refractivity contribution in [1.82, 2.24) is 20.0 Å². The Morgan fingerprint density at radius 1 is 1.43 bits per heavy atom. The molecule has 1 N–H and O–H groups in total. The van der Waals surface area contributed by atoms with Crippen molar-refractivity contribution < 1.29 is 9.32 Å². The van der Waals surface area contributed by atoms with Gasteiger partial charge >= 0.3 is 6.03 Å². The van der Waals surface area contributed by atoms with E-state index in [1.807, 2.05) is 6.20 Å². The van der Waals surface area contributed by atoms with Gasteiger partial charge in [-0.25, -0.2) is 14.8 Å². The molecule has 1 saturated carbocycles. The molecule has 0 spiro atoms. The lowest BCUT2D eigenvalue weighted by Crippen LogP contribution is -2.30. The van der Waals surface area contributed by atoms with Crippen molar-refractivity contribution in [3.05, 3.63) is 35.0 Å². The Labute approximate surface area is 121 Å². The molecule has 2 amide bonds. The normalized spacial score (nSPS) is 16.9. The maximum atomic E-state index is 12.2. The highest BCUT2D eigenvalue weighted by Gasteiger charge is 2.30. The average Bonchev–Trinajstić information content (AvgIpc) is 3.10. The molecular weight excluding hydrogens is 270 g/mol. The summed E-state index contributed by atoms with van der Waals surface area (Å²) >= 11 is 0. The fourth-order valence-electron chi connectivity index (χ4n) is 2.46. The summed E-state index contributed by atoms with van der Waals surface area (Å²) in [5.41, 5.74) is 2.70. The first kappa shape index (κ1) is 12.3. The summed E-state index contributed by atoms with van der Waals surface area (Å²) in [5, 5.41) is 6.44. The van der Waals surface area contributed by atoms with E-state index in [-0.39, 0.29) is 6.03 Å². The molecule has 0 unspecified atom stereocenters. The van der Waals surface area contributed by atoms with Crippen LogP contribution in [0.3, 0.4) is 0 Å². The van der Waals surface area contributed by atoms with Crippen LogP contribution in [0, 0.1) is 6.92 Å². The summed E-state index contributed by atoms with van der Waals surface area (Å²) in [6.07, 6.45) is 4.20. The van der Waals surface area contributed by atoms with Crippen molar-refractivity contribution in [1.29, 1.82) is 0 Å². The van der Waals surface area contributed by atoms with Crippen LogP contribution in [0.1, 0.15) is 41.5 Å². The van der Waals surface area contributed by atoms with Gasteiger partial charge in [0.2, 0.25) is 5.88 Å². The zero-order valence-electron chi connectivity index (χ0n) is 11.7. The molecule has 1 fully saturated rings. The average molecular weight is 285 g/mol. The van der Waals surface area contributed by atoms with E-state index in [2.05, 4.69) is 20.4 Å². The van der Waals surface area contributed by atoms with Crippen LogP contribution in [0.5, 0.6) is 0 Å². The zero-order valence-corrected chi connectivity index (χ0v) is 11.7. The standard InChI is InChI=1S/C14H15N5O2/c1-8-4-12(21-18-8)17-14(20)19-6-10-5-15-13(9-2-3-9)16-11(10)7-19/h4-5,9H,2-3,6-7H2,1H3,(H,17,20). The molecule has 108 valence electrons. The van der Waals surface area contributed by atoms with Crippen LogP contribution in [0.2, 0.25) is 0 Å². The first-order valence-corrected chi connectivity index (χ1v) is 7.03. The van der Waals surface area contributed by atoms with Crippen LogP contribution < -0.4 is 5.32 Å². The summed E-state index contributed by atoms with van der Waals surface area (Å²) in [6, 6.07) is 1.48. The van der Waals surface area contributed by atoms with Crippen LogP contribution in [0.15, 0.2) is 16.8 Å². The molecule has 0 bridgehead atoms. The van der Waals surface area contributed by atoms with Crippen LogP contribution in [-0.4, -0.2) is 26.1 Å². The molecule has 2 aromatic rings. The third-order valence-electron chi connectivity index (χ3n) is 3.76. The first-order valence-electron chi connectivity index (χ1n) is 7.03. The molecule has 0 saturated heterocycles. The number of hydrogen-bond acceptors (Lipinski definition) is 5. The quantitative estimate of drug-likeness (QED) is 0.914. The maximum absolute atomic E-state index is 12.2. The molecule has 0 radical (unpaired) electrons. The second-order valence-electron chi connectivity index (χ2n) is 5.59. The van der Waals surface area contributed by atoms with Crippen LogP contribution in [-0.2, 0) is 13.1 Å². The first-order chi connectivity index (χ1) is 10.2. The van der Waals surface area contributed by atoms with E-state index in [9.17, 15) is 4.79 Å². The van der Waals surface area contributed by atoms with Gasteiger partial charge in [-0.15, -0.1) is 0 Å². The molecule has 2 aliphatic rings. The summed E-state index contributed by atoms with van der Waals surface area (Å²) in [4.78, 5) is 22.9. The highest BCUT2D eigenvalue weighted by atomic mass is 16.5. The maximum Gasteiger partial charge on any atom is 0.324 e. The minimum Gasteiger partial charge on any atom is -0.338 e. The summed E-state index contributed by atoms with van der Waals surface area (Å²) < 4.78 is 4.99. The van der Waals surface area contributed by atoms with Gasteiger partial charge in [-0.05, 0) is 19.8 Å². The minimum atomic E-state index is -0.211. The molecular formula is C14H15N5O2. The lowest BCUT2D eigenvalue weighted by Gasteiger charge is -2.14. The largest absolute Gasteiger partial charge is 0.338 e. The van der Waals surface area contributed by atoms with Crippen molar-refractivity contribution in [3.63, 3.8) is 0 Å². The molecule has 0 atom stereocenters. The van der Waals surface area contributed by atoms with E-state index in [0.29, 0.717) is 24.9 Å². The molecule has 21 heavy (non-hydrogen) atoms. The fourth-order valence-corrected chi connectivity index (χ4v) is 2.46. The number of amides is 2. The predicted molar refractivity (Wildman–Crippen MR) is 73.5 cm³/mol. The van der Waals surface area contributed by atoms with Crippen molar-refractivity contribution >= 4 is 11.9 Å². The van der Waals surface area contributed by atoms with E-state index < -0.39 is 0 Å². The van der Waals surface area contributed by atoms with Crippen molar-refractivity contribution in [2.24, 2.45) is 0 Å². The van der Waals surface area contributed by atoms with Crippen LogP contribution >= 0.6 is 0 Å². The van der Waals surface area contributed by atoms with E-state index in [0.717, 1.165) is 22.8 Å². The van der Waals surface area contributed by atoms with E-state index in [1.54, 1.807) is 17.9 Å². The minimum absolute atomic E-state index is 0.211. The SMILES string of the molecule is Cc1cc(NC(=O)N2Cc3cnc(C4CC4)nc3C2)on1. The highest BCUT2D eigenvalue weighted by Crippen LogP contribution is 2.38. The van der Waals surface area contributed by atoms with E-state index in [4.69, 9.17) is 4.52 Å². The molecule has 1 aliphatic heterocycles. The van der Waals surface area contributed by atoms with Crippen LogP contribution in [0.25, 0.3) is 0 Å². The Morgan fingerprint density at radius 2 is 2.29 bits per heavy atom. The number of carbonyl (C=O) groups is 1. The summed E-state index contributed by atoms with van der Waals surface area (Å²) in [5.74, 6) is 1.80. The monoisotopic (exact) mass is 285 g/mol. The molecule has 2 aromatic heterocycles. The lowest BCUT2D eigenvalue weighted by atomic mass is 10.2. The van der Waals surface area contributed by atoms with E-state index >= 15 is 0 Å². The molecule has 1 aliphatic carbocycles. The molecule has 0 aromatic carbocycles. The Balaban J connectivity index is 1.46. The smallest absolute Gasteiger partial charge is 0.324 e. The summed E-state index contributed by atoms with van der Waals surface area (Å²) in [6.45, 7) is 2.84. The van der Waals surface area contributed by atoms with Gasteiger partial charge in [0.1, 0.15) is 5.82 Å².